The van der Waals surface area contributed by atoms with Crippen molar-refractivity contribution in [2.24, 2.45) is 0 Å². The van der Waals surface area contributed by atoms with Gasteiger partial charge in [-0.05, 0) is 73.4 Å². The molecule has 4 nitrogen and oxygen atoms in total. The minimum absolute atomic E-state index is 0.238. The molecular weight excluding hydrogens is 458 g/mol. The molecule has 2 rings (SSSR count). The highest BCUT2D eigenvalue weighted by Gasteiger charge is 2.31. The molecule has 0 radical (unpaired) electrons. The van der Waals surface area contributed by atoms with Gasteiger partial charge in [0.2, 0.25) is 0 Å². The van der Waals surface area contributed by atoms with Crippen LogP contribution in [0.2, 0.25) is 5.02 Å². The summed E-state index contributed by atoms with van der Waals surface area (Å²) < 4.78 is 28.8. The Kier molecular flexibility index (Phi) is 10.4. The topological polar surface area (TPSA) is 57.6 Å². The number of halogens is 1. The van der Waals surface area contributed by atoms with Crippen molar-refractivity contribution < 1.29 is 13.5 Å². The molecule has 0 aromatic heterocycles. The van der Waals surface area contributed by atoms with E-state index in [-0.39, 0.29) is 17.5 Å². The summed E-state index contributed by atoms with van der Waals surface area (Å²) in [6.07, 6.45) is 1.63. The van der Waals surface area contributed by atoms with Crippen LogP contribution in [0, 0.1) is 0 Å². The number of sulfonamides is 1. The van der Waals surface area contributed by atoms with Gasteiger partial charge in [-0.25, -0.2) is 8.42 Å². The van der Waals surface area contributed by atoms with E-state index in [9.17, 15) is 13.5 Å². The Labute approximate surface area is 194 Å². The summed E-state index contributed by atoms with van der Waals surface area (Å²) in [5, 5.41) is 10.3. The molecule has 0 fully saturated rings. The van der Waals surface area contributed by atoms with Crippen LogP contribution < -0.4 is 4.31 Å². The summed E-state index contributed by atoms with van der Waals surface area (Å²) in [6.45, 7) is 5.83. The first kappa shape index (κ1) is 25.4. The number of benzene rings is 2. The number of aliphatic hydroxyl groups is 1. The van der Waals surface area contributed by atoms with E-state index in [0.29, 0.717) is 22.7 Å². The third kappa shape index (κ3) is 6.57. The van der Waals surface area contributed by atoms with Crippen LogP contribution in [-0.4, -0.2) is 36.8 Å². The number of rotatable bonds is 12. The Morgan fingerprint density at radius 3 is 2.40 bits per heavy atom. The lowest BCUT2D eigenvalue weighted by molar-refractivity contribution is 0.282. The zero-order valence-corrected chi connectivity index (χ0v) is 20.9. The van der Waals surface area contributed by atoms with Crippen LogP contribution in [-0.2, 0) is 16.6 Å². The maximum Gasteiger partial charge on any atom is 0.264 e. The van der Waals surface area contributed by atoms with Crippen molar-refractivity contribution >= 4 is 50.8 Å². The minimum atomic E-state index is -3.83. The third-order valence-electron chi connectivity index (χ3n) is 4.66. The van der Waals surface area contributed by atoms with Gasteiger partial charge < -0.3 is 5.11 Å². The predicted octanol–water partition coefficient (Wildman–Crippen LogP) is 6.06. The highest BCUT2D eigenvalue weighted by Crippen LogP contribution is 2.33. The highest BCUT2D eigenvalue weighted by atomic mass is 35.5. The summed E-state index contributed by atoms with van der Waals surface area (Å²) in [6, 6.07) is 11.7. The highest BCUT2D eigenvalue weighted by molar-refractivity contribution is 7.99. The second-order valence-corrected chi connectivity index (χ2v) is 11.8. The lowest BCUT2D eigenvalue weighted by Gasteiger charge is -2.32. The van der Waals surface area contributed by atoms with E-state index in [0.717, 1.165) is 28.6 Å². The molecule has 2 aromatic rings. The molecule has 0 spiro atoms. The number of nitrogens with zero attached hydrogens (tertiary/aromatic N) is 1. The van der Waals surface area contributed by atoms with Gasteiger partial charge in [-0.15, -0.1) is 11.8 Å². The van der Waals surface area contributed by atoms with Crippen LogP contribution >= 0.6 is 35.1 Å². The quantitative estimate of drug-likeness (QED) is 0.291. The van der Waals surface area contributed by atoms with Crippen LogP contribution in [0.3, 0.4) is 0 Å². The molecule has 0 aliphatic rings. The molecule has 8 heteroatoms. The van der Waals surface area contributed by atoms with E-state index in [4.69, 9.17) is 11.6 Å². The summed E-state index contributed by atoms with van der Waals surface area (Å²) in [7, 11) is -3.83. The molecular formula is C22H30ClNO3S3. The monoisotopic (exact) mass is 487 g/mol. The Bertz CT molecular complexity index is 904. The zero-order chi connectivity index (χ0) is 22.1. The summed E-state index contributed by atoms with van der Waals surface area (Å²) in [4.78, 5) is 1.27. The average Bonchev–Trinajstić information content (AvgIpc) is 2.72. The van der Waals surface area contributed by atoms with E-state index < -0.39 is 10.0 Å². The van der Waals surface area contributed by atoms with Gasteiger partial charge in [0, 0.05) is 21.5 Å². The summed E-state index contributed by atoms with van der Waals surface area (Å²) in [5.74, 6) is 2.95. The van der Waals surface area contributed by atoms with Crippen molar-refractivity contribution in [3.8, 4) is 0 Å². The van der Waals surface area contributed by atoms with E-state index >= 15 is 0 Å². The van der Waals surface area contributed by atoms with Gasteiger partial charge in [0.15, 0.2) is 0 Å². The molecule has 30 heavy (non-hydrogen) atoms. The van der Waals surface area contributed by atoms with Gasteiger partial charge in [0.05, 0.1) is 17.2 Å². The number of hydrogen-bond acceptors (Lipinski definition) is 5. The maximum absolute atomic E-state index is 13.7. The normalized spacial score (nSPS) is 12.7. The maximum atomic E-state index is 13.7. The Morgan fingerprint density at radius 2 is 1.80 bits per heavy atom. The number of aliphatic hydroxyl groups excluding tert-OH is 1. The second kappa shape index (κ2) is 12.2. The number of anilines is 1. The van der Waals surface area contributed by atoms with E-state index in [2.05, 4.69) is 13.8 Å². The van der Waals surface area contributed by atoms with Crippen molar-refractivity contribution in [1.82, 2.24) is 0 Å². The van der Waals surface area contributed by atoms with E-state index in [1.807, 2.05) is 30.8 Å². The van der Waals surface area contributed by atoms with E-state index in [1.54, 1.807) is 42.1 Å². The molecule has 1 unspecified atom stereocenters. The van der Waals surface area contributed by atoms with Gasteiger partial charge in [-0.3, -0.25) is 4.31 Å². The van der Waals surface area contributed by atoms with Crippen LogP contribution in [0.5, 0.6) is 0 Å². The molecule has 0 heterocycles. The third-order valence-corrected chi connectivity index (χ3v) is 8.72. The van der Waals surface area contributed by atoms with Crippen LogP contribution in [0.15, 0.2) is 52.3 Å². The molecule has 0 amide bonds. The predicted molar refractivity (Wildman–Crippen MR) is 132 cm³/mol. The second-order valence-electron chi connectivity index (χ2n) is 6.82. The smallest absolute Gasteiger partial charge is 0.264 e. The van der Waals surface area contributed by atoms with Crippen molar-refractivity contribution in [3.05, 3.63) is 53.1 Å². The molecule has 0 bridgehead atoms. The first-order valence-electron chi connectivity index (χ1n) is 10.1. The fraction of sp³-hybridized carbons (Fsp3) is 0.455. The van der Waals surface area contributed by atoms with Crippen molar-refractivity contribution in [2.45, 2.75) is 56.1 Å². The molecule has 0 aliphatic heterocycles. The lowest BCUT2D eigenvalue weighted by Crippen LogP contribution is -2.39. The summed E-state index contributed by atoms with van der Waals surface area (Å²) >= 11 is 9.73. The van der Waals surface area contributed by atoms with E-state index in [1.165, 1.54) is 4.31 Å². The van der Waals surface area contributed by atoms with Crippen LogP contribution in [0.4, 0.5) is 5.69 Å². The fourth-order valence-electron chi connectivity index (χ4n) is 3.21. The zero-order valence-electron chi connectivity index (χ0n) is 17.7. The van der Waals surface area contributed by atoms with Crippen LogP contribution in [0.25, 0.3) is 0 Å². The van der Waals surface area contributed by atoms with Gasteiger partial charge in [0.25, 0.3) is 10.0 Å². The first-order valence-corrected chi connectivity index (χ1v) is 14.0. The SMILES string of the molecule is CCSCCCC(C)N(c1cc(Cl)ccc1CO)S(=O)(=O)c1ccc(SCC)cc1. The Morgan fingerprint density at radius 1 is 1.10 bits per heavy atom. The standard InChI is InChI=1S/C22H30ClNO3S3/c1-4-28-14-6-7-17(3)24(22-15-19(23)9-8-18(22)16-25)30(26,27)21-12-10-20(11-13-21)29-5-2/h8-13,15,17,25H,4-7,14,16H2,1-3H3. The molecule has 0 saturated heterocycles. The van der Waals surface area contributed by atoms with Crippen molar-refractivity contribution in [1.29, 1.82) is 0 Å². The molecule has 2 aromatic carbocycles. The first-order chi connectivity index (χ1) is 14.3. The van der Waals surface area contributed by atoms with Gasteiger partial charge >= 0.3 is 0 Å². The van der Waals surface area contributed by atoms with Crippen molar-refractivity contribution in [3.63, 3.8) is 0 Å². The number of hydrogen-bond donors (Lipinski definition) is 1. The molecule has 0 aliphatic carbocycles. The fourth-order valence-corrected chi connectivity index (χ4v) is 6.41. The number of thioether (sulfide) groups is 2. The molecule has 1 N–H and O–H groups in total. The average molecular weight is 488 g/mol. The molecule has 166 valence electrons. The molecule has 0 saturated carbocycles. The van der Waals surface area contributed by atoms with Gasteiger partial charge in [-0.2, -0.15) is 11.8 Å². The summed E-state index contributed by atoms with van der Waals surface area (Å²) in [5.41, 5.74) is 0.976. The minimum Gasteiger partial charge on any atom is -0.392 e. The Hall–Kier alpha value is -0.860. The van der Waals surface area contributed by atoms with Gasteiger partial charge in [0.1, 0.15) is 0 Å². The van der Waals surface area contributed by atoms with Crippen molar-refractivity contribution in [2.75, 3.05) is 21.6 Å². The van der Waals surface area contributed by atoms with Gasteiger partial charge in [-0.1, -0.05) is 31.5 Å². The van der Waals surface area contributed by atoms with Crippen LogP contribution in [0.1, 0.15) is 39.2 Å². The molecule has 1 atom stereocenters. The largest absolute Gasteiger partial charge is 0.392 e. The lowest BCUT2D eigenvalue weighted by atomic mass is 10.1. The Balaban J connectivity index is 2.47.